The first-order valence-electron chi connectivity index (χ1n) is 8.09. The smallest absolute Gasteiger partial charge is 0.136 e. The van der Waals surface area contributed by atoms with E-state index in [1.165, 1.54) is 54.7 Å². The van der Waals surface area contributed by atoms with E-state index < -0.39 is 0 Å². The molecular formula is C19H22N2. The third-order valence-electron chi connectivity index (χ3n) is 5.29. The molecule has 1 saturated carbocycles. The normalized spacial score (nSPS) is 19.8. The second-order valence-electron chi connectivity index (χ2n) is 6.59. The fourth-order valence-electron chi connectivity index (χ4n) is 4.21. The molecule has 1 aliphatic carbocycles. The molecule has 1 fully saturated rings. The van der Waals surface area contributed by atoms with Crippen LogP contribution in [0.1, 0.15) is 43.2 Å². The van der Waals surface area contributed by atoms with Gasteiger partial charge < -0.3 is 4.90 Å². The van der Waals surface area contributed by atoms with Crippen LogP contribution in [0, 0.1) is 6.92 Å². The fraction of sp³-hybridized carbons (Fsp3) is 0.421. The molecule has 1 aromatic heterocycles. The Hall–Kier alpha value is -1.83. The quantitative estimate of drug-likeness (QED) is 0.748. The maximum absolute atomic E-state index is 4.73. The van der Waals surface area contributed by atoms with E-state index >= 15 is 0 Å². The summed E-state index contributed by atoms with van der Waals surface area (Å²) in [5.74, 6) is 1.19. The van der Waals surface area contributed by atoms with Gasteiger partial charge in [-0.1, -0.05) is 43.5 Å². The largest absolute Gasteiger partial charge is 0.325 e. The van der Waals surface area contributed by atoms with E-state index in [0.29, 0.717) is 5.41 Å². The highest BCUT2D eigenvalue weighted by Gasteiger charge is 2.44. The standard InChI is InChI=1S/C19H22N2/c1-15-8-3-4-10-17(15)21-14-19(11-5-2-6-12-19)16-9-7-13-20-18(16)21/h3-4,7-10,13H,2,5-6,11-12,14H2,1H3. The van der Waals surface area contributed by atoms with Crippen molar-refractivity contribution in [3.05, 3.63) is 53.7 Å². The maximum Gasteiger partial charge on any atom is 0.136 e. The van der Waals surface area contributed by atoms with E-state index in [9.17, 15) is 0 Å². The molecule has 2 aromatic rings. The van der Waals surface area contributed by atoms with Crippen LogP contribution in [0.3, 0.4) is 0 Å². The average molecular weight is 278 g/mol. The lowest BCUT2D eigenvalue weighted by molar-refractivity contribution is 0.314. The molecule has 108 valence electrons. The summed E-state index contributed by atoms with van der Waals surface area (Å²) in [7, 11) is 0. The topological polar surface area (TPSA) is 16.1 Å². The number of benzene rings is 1. The summed E-state index contributed by atoms with van der Waals surface area (Å²) in [6.45, 7) is 3.30. The molecule has 2 heterocycles. The van der Waals surface area contributed by atoms with Gasteiger partial charge in [0.15, 0.2) is 0 Å². The van der Waals surface area contributed by atoms with Gasteiger partial charge in [-0.15, -0.1) is 0 Å². The van der Waals surface area contributed by atoms with Crippen molar-refractivity contribution in [3.63, 3.8) is 0 Å². The molecule has 1 aliphatic heterocycles. The average Bonchev–Trinajstić information content (AvgIpc) is 2.84. The Kier molecular flexibility index (Phi) is 2.99. The summed E-state index contributed by atoms with van der Waals surface area (Å²) in [6.07, 6.45) is 8.67. The Morgan fingerprint density at radius 3 is 2.62 bits per heavy atom. The molecular weight excluding hydrogens is 256 g/mol. The Balaban J connectivity index is 1.83. The van der Waals surface area contributed by atoms with E-state index in [1.54, 1.807) is 0 Å². The third-order valence-corrected chi connectivity index (χ3v) is 5.29. The van der Waals surface area contributed by atoms with Gasteiger partial charge in [0.2, 0.25) is 0 Å². The zero-order chi connectivity index (χ0) is 14.3. The monoisotopic (exact) mass is 278 g/mol. The number of pyridine rings is 1. The van der Waals surface area contributed by atoms with Crippen molar-refractivity contribution in [3.8, 4) is 0 Å². The van der Waals surface area contributed by atoms with Crippen LogP contribution in [-0.4, -0.2) is 11.5 Å². The van der Waals surface area contributed by atoms with Gasteiger partial charge in [0, 0.05) is 29.4 Å². The first kappa shape index (κ1) is 12.9. The van der Waals surface area contributed by atoms with Gasteiger partial charge in [0.05, 0.1) is 0 Å². The summed E-state index contributed by atoms with van der Waals surface area (Å²) in [5, 5.41) is 0. The highest BCUT2D eigenvalue weighted by molar-refractivity contribution is 5.71. The zero-order valence-electron chi connectivity index (χ0n) is 12.7. The van der Waals surface area contributed by atoms with Crippen molar-refractivity contribution in [1.29, 1.82) is 0 Å². The number of nitrogens with zero attached hydrogens (tertiary/aromatic N) is 2. The van der Waals surface area contributed by atoms with Crippen LogP contribution in [0.4, 0.5) is 11.5 Å². The van der Waals surface area contributed by atoms with Crippen molar-refractivity contribution in [2.45, 2.75) is 44.4 Å². The van der Waals surface area contributed by atoms with Crippen LogP contribution in [0.5, 0.6) is 0 Å². The summed E-state index contributed by atoms with van der Waals surface area (Å²) in [6, 6.07) is 13.1. The van der Waals surface area contributed by atoms with Crippen LogP contribution >= 0.6 is 0 Å². The first-order chi connectivity index (χ1) is 10.3. The van der Waals surface area contributed by atoms with Crippen molar-refractivity contribution in [2.75, 3.05) is 11.4 Å². The zero-order valence-corrected chi connectivity index (χ0v) is 12.7. The van der Waals surface area contributed by atoms with Gasteiger partial charge in [-0.3, -0.25) is 0 Å². The molecule has 21 heavy (non-hydrogen) atoms. The number of aromatic nitrogens is 1. The van der Waals surface area contributed by atoms with E-state index in [1.807, 2.05) is 6.20 Å². The molecule has 0 bridgehead atoms. The number of fused-ring (bicyclic) bond motifs is 2. The number of hydrogen-bond acceptors (Lipinski definition) is 2. The third kappa shape index (κ3) is 1.97. The number of para-hydroxylation sites is 1. The Morgan fingerprint density at radius 2 is 1.81 bits per heavy atom. The number of rotatable bonds is 1. The van der Waals surface area contributed by atoms with Crippen molar-refractivity contribution < 1.29 is 0 Å². The molecule has 2 nitrogen and oxygen atoms in total. The molecule has 0 N–H and O–H groups in total. The van der Waals surface area contributed by atoms with Crippen LogP contribution in [-0.2, 0) is 5.41 Å². The number of anilines is 2. The predicted molar refractivity (Wildman–Crippen MR) is 87.2 cm³/mol. The van der Waals surface area contributed by atoms with Gasteiger partial charge in [0.1, 0.15) is 5.82 Å². The lowest BCUT2D eigenvalue weighted by atomic mass is 9.71. The molecule has 0 unspecified atom stereocenters. The summed E-state index contributed by atoms with van der Waals surface area (Å²) in [5.41, 5.74) is 4.47. The van der Waals surface area contributed by atoms with Gasteiger partial charge in [-0.2, -0.15) is 0 Å². The lowest BCUT2D eigenvalue weighted by Gasteiger charge is -2.34. The van der Waals surface area contributed by atoms with Crippen molar-refractivity contribution in [2.24, 2.45) is 0 Å². The first-order valence-corrected chi connectivity index (χ1v) is 8.09. The van der Waals surface area contributed by atoms with Crippen LogP contribution in [0.15, 0.2) is 42.6 Å². The summed E-state index contributed by atoms with van der Waals surface area (Å²) >= 11 is 0. The molecule has 0 atom stereocenters. The minimum atomic E-state index is 0.337. The van der Waals surface area contributed by atoms with E-state index in [0.717, 1.165) is 6.54 Å². The number of hydrogen-bond donors (Lipinski definition) is 0. The van der Waals surface area contributed by atoms with E-state index in [2.05, 4.69) is 48.2 Å². The van der Waals surface area contributed by atoms with E-state index in [-0.39, 0.29) is 0 Å². The fourth-order valence-corrected chi connectivity index (χ4v) is 4.21. The van der Waals surface area contributed by atoms with Gasteiger partial charge in [0.25, 0.3) is 0 Å². The Bertz CT molecular complexity index is 656. The minimum Gasteiger partial charge on any atom is -0.325 e. The van der Waals surface area contributed by atoms with E-state index in [4.69, 9.17) is 4.98 Å². The second kappa shape index (κ2) is 4.87. The SMILES string of the molecule is Cc1ccccc1N1CC2(CCCCC2)c2cccnc21. The molecule has 2 heteroatoms. The summed E-state index contributed by atoms with van der Waals surface area (Å²) < 4.78 is 0. The van der Waals surface area contributed by atoms with Crippen LogP contribution < -0.4 is 4.90 Å². The molecule has 0 amide bonds. The van der Waals surface area contributed by atoms with Gasteiger partial charge >= 0.3 is 0 Å². The molecule has 1 spiro atoms. The van der Waals surface area contributed by atoms with Crippen molar-refractivity contribution in [1.82, 2.24) is 4.98 Å². The van der Waals surface area contributed by atoms with Crippen molar-refractivity contribution >= 4 is 11.5 Å². The lowest BCUT2D eigenvalue weighted by Crippen LogP contribution is -2.33. The summed E-state index contributed by atoms with van der Waals surface area (Å²) in [4.78, 5) is 7.19. The predicted octanol–water partition coefficient (Wildman–Crippen LogP) is 4.74. The van der Waals surface area contributed by atoms with Crippen LogP contribution in [0.2, 0.25) is 0 Å². The Morgan fingerprint density at radius 1 is 1.00 bits per heavy atom. The van der Waals surface area contributed by atoms with Gasteiger partial charge in [-0.25, -0.2) is 4.98 Å². The maximum atomic E-state index is 4.73. The molecule has 0 saturated heterocycles. The number of aryl methyl sites for hydroxylation is 1. The Labute approximate surface area is 126 Å². The van der Waals surface area contributed by atoms with Crippen LogP contribution in [0.25, 0.3) is 0 Å². The second-order valence-corrected chi connectivity index (χ2v) is 6.59. The molecule has 0 radical (unpaired) electrons. The van der Waals surface area contributed by atoms with Gasteiger partial charge in [-0.05, 0) is 37.5 Å². The molecule has 2 aliphatic rings. The highest BCUT2D eigenvalue weighted by Crippen LogP contribution is 2.50. The highest BCUT2D eigenvalue weighted by atomic mass is 15.2. The molecule has 4 rings (SSSR count). The minimum absolute atomic E-state index is 0.337. The molecule has 1 aromatic carbocycles.